The number of amides is 1. The fourth-order valence-corrected chi connectivity index (χ4v) is 2.38. The van der Waals surface area contributed by atoms with Crippen LogP contribution in [-0.2, 0) is 11.2 Å². The molecule has 1 amide bonds. The standard InChI is InChI=1S/C19H17F3N2O4/c1-26-15-4-6-16(27-2)12(8-15)9-18(25)24-14-3-5-17(13(7-14)10-23)28-11-19(20,21)22/h3-8H,9,11H2,1-2H3,(H,24,25). The number of carbonyl (C=O) groups is 1. The topological polar surface area (TPSA) is 80.6 Å². The van der Waals surface area contributed by atoms with E-state index in [0.717, 1.165) is 0 Å². The number of hydrogen-bond donors (Lipinski definition) is 1. The van der Waals surface area contributed by atoms with Crippen molar-refractivity contribution in [2.45, 2.75) is 12.6 Å². The molecule has 0 saturated carbocycles. The lowest BCUT2D eigenvalue weighted by molar-refractivity contribution is -0.153. The molecule has 0 radical (unpaired) electrons. The van der Waals surface area contributed by atoms with Gasteiger partial charge in [0.05, 0.1) is 26.2 Å². The maximum atomic E-state index is 12.3. The van der Waals surface area contributed by atoms with E-state index in [9.17, 15) is 18.0 Å². The summed E-state index contributed by atoms with van der Waals surface area (Å²) in [5, 5.41) is 11.7. The Morgan fingerprint density at radius 1 is 1.11 bits per heavy atom. The van der Waals surface area contributed by atoms with Gasteiger partial charge in [-0.3, -0.25) is 4.79 Å². The number of nitrogens with zero attached hydrogens (tertiary/aromatic N) is 1. The van der Waals surface area contributed by atoms with E-state index in [-0.39, 0.29) is 23.4 Å². The number of alkyl halides is 3. The van der Waals surface area contributed by atoms with E-state index < -0.39 is 18.7 Å². The van der Waals surface area contributed by atoms with Crippen LogP contribution in [0.25, 0.3) is 0 Å². The molecule has 0 aliphatic heterocycles. The van der Waals surface area contributed by atoms with Gasteiger partial charge in [0.15, 0.2) is 6.61 Å². The number of hydrogen-bond acceptors (Lipinski definition) is 5. The lowest BCUT2D eigenvalue weighted by Crippen LogP contribution is -2.19. The van der Waals surface area contributed by atoms with Crippen molar-refractivity contribution >= 4 is 11.6 Å². The average molecular weight is 394 g/mol. The van der Waals surface area contributed by atoms with Gasteiger partial charge in [-0.1, -0.05) is 0 Å². The molecule has 1 N–H and O–H groups in total. The molecule has 148 valence electrons. The van der Waals surface area contributed by atoms with E-state index in [1.54, 1.807) is 24.3 Å². The van der Waals surface area contributed by atoms with Gasteiger partial charge in [0.25, 0.3) is 0 Å². The molecule has 0 aliphatic rings. The number of benzene rings is 2. The summed E-state index contributed by atoms with van der Waals surface area (Å²) in [7, 11) is 2.97. The molecular formula is C19H17F3N2O4. The summed E-state index contributed by atoms with van der Waals surface area (Å²) in [5.74, 6) is 0.442. The number of nitrogens with one attached hydrogen (secondary N) is 1. The average Bonchev–Trinajstić information content (AvgIpc) is 2.65. The van der Waals surface area contributed by atoms with Crippen molar-refractivity contribution in [2.24, 2.45) is 0 Å². The van der Waals surface area contributed by atoms with E-state index in [4.69, 9.17) is 14.7 Å². The summed E-state index contributed by atoms with van der Waals surface area (Å²) >= 11 is 0. The third kappa shape index (κ3) is 5.81. The monoisotopic (exact) mass is 394 g/mol. The molecular weight excluding hydrogens is 377 g/mol. The minimum Gasteiger partial charge on any atom is -0.497 e. The molecule has 0 bridgehead atoms. The van der Waals surface area contributed by atoms with E-state index in [2.05, 4.69) is 10.1 Å². The highest BCUT2D eigenvalue weighted by Crippen LogP contribution is 2.27. The van der Waals surface area contributed by atoms with Crippen molar-refractivity contribution in [1.29, 1.82) is 5.26 Å². The molecule has 9 heteroatoms. The lowest BCUT2D eigenvalue weighted by Gasteiger charge is -2.13. The highest BCUT2D eigenvalue weighted by molar-refractivity contribution is 5.93. The zero-order valence-corrected chi connectivity index (χ0v) is 15.1. The molecule has 0 aliphatic carbocycles. The van der Waals surface area contributed by atoms with Crippen molar-refractivity contribution in [3.63, 3.8) is 0 Å². The molecule has 0 heterocycles. The summed E-state index contributed by atoms with van der Waals surface area (Å²) in [6.45, 7) is -1.51. The van der Waals surface area contributed by atoms with Crippen LogP contribution < -0.4 is 19.5 Å². The SMILES string of the molecule is COc1ccc(OC)c(CC(=O)Nc2ccc(OCC(F)(F)F)c(C#N)c2)c1. The largest absolute Gasteiger partial charge is 0.497 e. The third-order valence-corrected chi connectivity index (χ3v) is 3.61. The number of rotatable bonds is 7. The van der Waals surface area contributed by atoms with Crippen LogP contribution in [0.1, 0.15) is 11.1 Å². The minimum atomic E-state index is -4.52. The Balaban J connectivity index is 2.11. The van der Waals surface area contributed by atoms with E-state index >= 15 is 0 Å². The number of ether oxygens (including phenoxy) is 3. The fourth-order valence-electron chi connectivity index (χ4n) is 2.38. The highest BCUT2D eigenvalue weighted by Gasteiger charge is 2.28. The first-order valence-corrected chi connectivity index (χ1v) is 8.00. The predicted octanol–water partition coefficient (Wildman–Crippen LogP) is 3.70. The molecule has 2 rings (SSSR count). The normalized spacial score (nSPS) is 10.7. The summed E-state index contributed by atoms with van der Waals surface area (Å²) in [6, 6.07) is 10.6. The number of methoxy groups -OCH3 is 2. The predicted molar refractivity (Wildman–Crippen MR) is 94.6 cm³/mol. The third-order valence-electron chi connectivity index (χ3n) is 3.61. The van der Waals surface area contributed by atoms with Crippen LogP contribution in [0.5, 0.6) is 17.2 Å². The molecule has 0 aromatic heterocycles. The van der Waals surface area contributed by atoms with Gasteiger partial charge in [0.1, 0.15) is 23.3 Å². The number of nitriles is 1. The van der Waals surface area contributed by atoms with E-state index in [1.165, 1.54) is 32.4 Å². The van der Waals surface area contributed by atoms with Gasteiger partial charge in [-0.25, -0.2) is 0 Å². The first-order valence-electron chi connectivity index (χ1n) is 8.00. The molecule has 0 saturated heterocycles. The van der Waals surface area contributed by atoms with Gasteiger partial charge in [-0.2, -0.15) is 18.4 Å². The second-order valence-corrected chi connectivity index (χ2v) is 5.63. The zero-order valence-electron chi connectivity index (χ0n) is 15.1. The first-order chi connectivity index (χ1) is 13.3. The zero-order chi connectivity index (χ0) is 20.7. The summed E-state index contributed by atoms with van der Waals surface area (Å²) < 4.78 is 51.8. The fraction of sp³-hybridized carbons (Fsp3) is 0.263. The Kier molecular flexibility index (Phi) is 6.71. The van der Waals surface area contributed by atoms with Crippen LogP contribution in [0.15, 0.2) is 36.4 Å². The quantitative estimate of drug-likeness (QED) is 0.775. The summed E-state index contributed by atoms with van der Waals surface area (Å²) in [5.41, 5.74) is 0.716. The van der Waals surface area contributed by atoms with Crippen LogP contribution in [0, 0.1) is 11.3 Å². The van der Waals surface area contributed by atoms with Gasteiger partial charge in [0, 0.05) is 11.3 Å². The van der Waals surface area contributed by atoms with E-state index in [1.807, 2.05) is 0 Å². The maximum absolute atomic E-state index is 12.3. The summed E-state index contributed by atoms with van der Waals surface area (Å²) in [6.07, 6.45) is -4.55. The van der Waals surface area contributed by atoms with Crippen LogP contribution in [0.2, 0.25) is 0 Å². The van der Waals surface area contributed by atoms with Gasteiger partial charge in [0.2, 0.25) is 5.91 Å². The molecule has 0 spiro atoms. The molecule has 2 aromatic carbocycles. The van der Waals surface area contributed by atoms with E-state index in [0.29, 0.717) is 17.1 Å². The second-order valence-electron chi connectivity index (χ2n) is 5.63. The van der Waals surface area contributed by atoms with Crippen LogP contribution >= 0.6 is 0 Å². The Bertz CT molecular complexity index is 892. The molecule has 28 heavy (non-hydrogen) atoms. The Labute approximate surface area is 159 Å². The maximum Gasteiger partial charge on any atom is 0.422 e. The summed E-state index contributed by atoms with van der Waals surface area (Å²) in [4.78, 5) is 12.3. The number of carbonyl (C=O) groups excluding carboxylic acids is 1. The van der Waals surface area contributed by atoms with Crippen LogP contribution in [0.4, 0.5) is 18.9 Å². The van der Waals surface area contributed by atoms with Crippen molar-refractivity contribution < 1.29 is 32.2 Å². The molecule has 0 atom stereocenters. The lowest BCUT2D eigenvalue weighted by atomic mass is 10.1. The van der Waals surface area contributed by atoms with Gasteiger partial charge in [-0.15, -0.1) is 0 Å². The van der Waals surface area contributed by atoms with Crippen molar-refractivity contribution in [3.05, 3.63) is 47.5 Å². The molecule has 0 fully saturated rings. The number of anilines is 1. The van der Waals surface area contributed by atoms with Crippen molar-refractivity contribution in [2.75, 3.05) is 26.1 Å². The van der Waals surface area contributed by atoms with Gasteiger partial charge >= 0.3 is 6.18 Å². The van der Waals surface area contributed by atoms with Crippen molar-refractivity contribution in [1.82, 2.24) is 0 Å². The first kappa shape index (κ1) is 20.9. The highest BCUT2D eigenvalue weighted by atomic mass is 19.4. The van der Waals surface area contributed by atoms with Crippen molar-refractivity contribution in [3.8, 4) is 23.3 Å². The minimum absolute atomic E-state index is 0.0331. The second kappa shape index (κ2) is 8.99. The van der Waals surface area contributed by atoms with Gasteiger partial charge in [-0.05, 0) is 36.4 Å². The van der Waals surface area contributed by atoms with Crippen LogP contribution in [-0.4, -0.2) is 32.9 Å². The van der Waals surface area contributed by atoms with Crippen LogP contribution in [0.3, 0.4) is 0 Å². The Morgan fingerprint density at radius 2 is 1.82 bits per heavy atom. The molecule has 6 nitrogen and oxygen atoms in total. The number of halogens is 3. The Morgan fingerprint density at radius 3 is 2.43 bits per heavy atom. The van der Waals surface area contributed by atoms with Gasteiger partial charge < -0.3 is 19.5 Å². The Hall–Kier alpha value is -3.41. The molecule has 2 aromatic rings. The molecule has 0 unspecified atom stereocenters. The smallest absolute Gasteiger partial charge is 0.422 e.